The predicted molar refractivity (Wildman–Crippen MR) is 87.6 cm³/mol. The highest BCUT2D eigenvalue weighted by molar-refractivity contribution is 6.04. The number of urea groups is 1. The average Bonchev–Trinajstić information content (AvgIpc) is 2.90. The molecule has 0 bridgehead atoms. The molecule has 1 aromatic carbocycles. The zero-order valence-electron chi connectivity index (χ0n) is 13.8. The molecule has 2 amide bonds. The number of hydrogen-bond donors (Lipinski definition) is 1. The van der Waals surface area contributed by atoms with E-state index in [2.05, 4.69) is 10.3 Å². The number of fused-ring (bicyclic) bond motifs is 2. The minimum atomic E-state index is -0.537. The smallest absolute Gasteiger partial charge is 0.323 e. The summed E-state index contributed by atoms with van der Waals surface area (Å²) in [5, 5.41) is 2.84. The number of nitrogens with zero attached hydrogens (tertiary/aromatic N) is 2. The first-order chi connectivity index (χ1) is 11.5. The molecule has 2 fully saturated rings. The van der Waals surface area contributed by atoms with Gasteiger partial charge in [-0.05, 0) is 32.4 Å². The monoisotopic (exact) mass is 331 g/mol. The summed E-state index contributed by atoms with van der Waals surface area (Å²) in [5.74, 6) is 0.790. The van der Waals surface area contributed by atoms with Crippen LogP contribution in [-0.2, 0) is 9.47 Å². The van der Waals surface area contributed by atoms with Gasteiger partial charge in [-0.1, -0.05) is 12.1 Å². The molecule has 0 spiro atoms. The van der Waals surface area contributed by atoms with Gasteiger partial charge in [-0.3, -0.25) is 5.32 Å². The lowest BCUT2D eigenvalue weighted by molar-refractivity contribution is -0.139. The number of hydrogen-bond acceptors (Lipinski definition) is 5. The van der Waals surface area contributed by atoms with Gasteiger partial charge in [0.25, 0.3) is 0 Å². The van der Waals surface area contributed by atoms with E-state index in [-0.39, 0.29) is 18.2 Å². The van der Waals surface area contributed by atoms with Crippen LogP contribution < -0.4 is 10.1 Å². The van der Waals surface area contributed by atoms with Crippen molar-refractivity contribution in [3.8, 4) is 5.75 Å². The number of rotatable bonds is 3. The number of amidine groups is 1. The summed E-state index contributed by atoms with van der Waals surface area (Å²) in [6.45, 7) is 5.43. The Hall–Kier alpha value is -2.12. The SMILES string of the molecule is CC1(C)OC[C@H](CCN2CC3Oc4ccccc4N=C3NC2=O)O1. The Kier molecular flexibility index (Phi) is 3.69. The second kappa shape index (κ2) is 5.75. The van der Waals surface area contributed by atoms with E-state index in [0.29, 0.717) is 25.5 Å². The minimum absolute atomic E-state index is 0.0101. The van der Waals surface area contributed by atoms with Gasteiger partial charge in [0.15, 0.2) is 17.7 Å². The fourth-order valence-electron chi connectivity index (χ4n) is 3.16. The van der Waals surface area contributed by atoms with Crippen molar-refractivity contribution in [3.63, 3.8) is 0 Å². The van der Waals surface area contributed by atoms with Crippen LogP contribution in [0.1, 0.15) is 20.3 Å². The molecule has 1 unspecified atom stereocenters. The number of carbonyl (C=O) groups is 1. The molecule has 4 rings (SSSR count). The summed E-state index contributed by atoms with van der Waals surface area (Å²) in [6, 6.07) is 7.43. The molecule has 0 saturated carbocycles. The summed E-state index contributed by atoms with van der Waals surface area (Å²) >= 11 is 0. The minimum Gasteiger partial charge on any atom is -0.478 e. The van der Waals surface area contributed by atoms with Crippen molar-refractivity contribution in [3.05, 3.63) is 24.3 Å². The third kappa shape index (κ3) is 2.97. The van der Waals surface area contributed by atoms with E-state index in [1.54, 1.807) is 4.90 Å². The van der Waals surface area contributed by atoms with Crippen LogP contribution >= 0.6 is 0 Å². The lowest BCUT2D eigenvalue weighted by atomic mass is 10.1. The first kappa shape index (κ1) is 15.4. The van der Waals surface area contributed by atoms with Crippen LogP contribution in [0.15, 0.2) is 29.3 Å². The lowest BCUT2D eigenvalue weighted by Gasteiger charge is -2.36. The van der Waals surface area contributed by atoms with Crippen LogP contribution in [0, 0.1) is 0 Å². The first-order valence-corrected chi connectivity index (χ1v) is 8.22. The van der Waals surface area contributed by atoms with E-state index in [9.17, 15) is 4.79 Å². The zero-order valence-corrected chi connectivity index (χ0v) is 13.8. The fraction of sp³-hybridized carbons (Fsp3) is 0.529. The molecule has 7 heteroatoms. The number of carbonyl (C=O) groups excluding carboxylic acids is 1. The number of amides is 2. The van der Waals surface area contributed by atoms with E-state index in [1.807, 2.05) is 38.1 Å². The highest BCUT2D eigenvalue weighted by Crippen LogP contribution is 2.32. The summed E-state index contributed by atoms with van der Waals surface area (Å²) in [6.07, 6.45) is 0.484. The Morgan fingerprint density at radius 3 is 3.00 bits per heavy atom. The van der Waals surface area contributed by atoms with Gasteiger partial charge in [0.2, 0.25) is 0 Å². The molecule has 3 aliphatic rings. The third-order valence-corrected chi connectivity index (χ3v) is 4.38. The van der Waals surface area contributed by atoms with Crippen molar-refractivity contribution in [2.24, 2.45) is 4.99 Å². The van der Waals surface area contributed by atoms with Crippen molar-refractivity contribution in [2.75, 3.05) is 19.7 Å². The first-order valence-electron chi connectivity index (χ1n) is 8.22. The highest BCUT2D eigenvalue weighted by atomic mass is 16.7. The Balaban J connectivity index is 1.40. The lowest BCUT2D eigenvalue weighted by Crippen LogP contribution is -2.59. The molecule has 0 aromatic heterocycles. The van der Waals surface area contributed by atoms with Crippen molar-refractivity contribution in [1.29, 1.82) is 0 Å². The van der Waals surface area contributed by atoms with E-state index >= 15 is 0 Å². The zero-order chi connectivity index (χ0) is 16.7. The van der Waals surface area contributed by atoms with Crippen LogP contribution in [0.4, 0.5) is 10.5 Å². The van der Waals surface area contributed by atoms with E-state index in [4.69, 9.17) is 14.2 Å². The second-order valence-corrected chi connectivity index (χ2v) is 6.69. The van der Waals surface area contributed by atoms with Crippen LogP contribution in [0.25, 0.3) is 0 Å². The highest BCUT2D eigenvalue weighted by Gasteiger charge is 2.37. The van der Waals surface area contributed by atoms with Crippen molar-refractivity contribution in [1.82, 2.24) is 10.2 Å². The second-order valence-electron chi connectivity index (χ2n) is 6.69. The number of ether oxygens (including phenoxy) is 3. The number of benzene rings is 1. The molecular formula is C17H21N3O4. The molecule has 1 N–H and O–H groups in total. The van der Waals surface area contributed by atoms with Crippen molar-refractivity contribution < 1.29 is 19.0 Å². The molecule has 128 valence electrons. The van der Waals surface area contributed by atoms with Gasteiger partial charge in [0.1, 0.15) is 11.4 Å². The maximum Gasteiger partial charge on any atom is 0.323 e. The van der Waals surface area contributed by atoms with Crippen LogP contribution in [0.3, 0.4) is 0 Å². The maximum atomic E-state index is 12.3. The molecule has 0 radical (unpaired) electrons. The van der Waals surface area contributed by atoms with Crippen LogP contribution in [0.2, 0.25) is 0 Å². The van der Waals surface area contributed by atoms with Gasteiger partial charge in [-0.25, -0.2) is 9.79 Å². The normalized spacial score (nSPS) is 27.7. The molecular weight excluding hydrogens is 310 g/mol. The Morgan fingerprint density at radius 1 is 1.38 bits per heavy atom. The van der Waals surface area contributed by atoms with Gasteiger partial charge >= 0.3 is 6.03 Å². The number of aliphatic imine (C=N–C) groups is 1. The molecule has 7 nitrogen and oxygen atoms in total. The van der Waals surface area contributed by atoms with Crippen molar-refractivity contribution >= 4 is 17.6 Å². The number of nitrogens with one attached hydrogen (secondary N) is 1. The van der Waals surface area contributed by atoms with Gasteiger partial charge in [-0.2, -0.15) is 0 Å². The third-order valence-electron chi connectivity index (χ3n) is 4.38. The summed E-state index contributed by atoms with van der Waals surface area (Å²) < 4.78 is 17.3. The molecule has 3 aliphatic heterocycles. The average molecular weight is 331 g/mol. The maximum absolute atomic E-state index is 12.3. The predicted octanol–water partition coefficient (Wildman–Crippen LogP) is 2.04. The quantitative estimate of drug-likeness (QED) is 0.920. The summed E-state index contributed by atoms with van der Waals surface area (Å²) in [5.41, 5.74) is 0.747. The standard InChI is InChI=1S/C17H21N3O4/c1-17(2)22-10-11(24-17)7-8-20-9-14-15(19-16(20)21)18-12-5-3-4-6-13(12)23-14/h3-6,11,14H,7-10H2,1-2H3,(H,18,19,21)/t11-,14?/m0/s1. The molecule has 2 saturated heterocycles. The van der Waals surface area contributed by atoms with Gasteiger partial charge in [0.05, 0.1) is 19.3 Å². The molecule has 2 atom stereocenters. The fourth-order valence-corrected chi connectivity index (χ4v) is 3.16. The summed E-state index contributed by atoms with van der Waals surface area (Å²) in [7, 11) is 0. The largest absolute Gasteiger partial charge is 0.478 e. The van der Waals surface area contributed by atoms with Gasteiger partial charge < -0.3 is 19.1 Å². The molecule has 24 heavy (non-hydrogen) atoms. The Labute approximate surface area is 140 Å². The summed E-state index contributed by atoms with van der Waals surface area (Å²) in [4.78, 5) is 18.5. The van der Waals surface area contributed by atoms with Crippen LogP contribution in [0.5, 0.6) is 5.75 Å². The van der Waals surface area contributed by atoms with E-state index in [0.717, 1.165) is 17.9 Å². The Morgan fingerprint density at radius 2 is 2.21 bits per heavy atom. The van der Waals surface area contributed by atoms with E-state index < -0.39 is 5.79 Å². The van der Waals surface area contributed by atoms with Gasteiger partial charge in [-0.15, -0.1) is 0 Å². The van der Waals surface area contributed by atoms with Gasteiger partial charge in [0, 0.05) is 6.54 Å². The number of para-hydroxylation sites is 2. The molecule has 1 aromatic rings. The van der Waals surface area contributed by atoms with Crippen molar-refractivity contribution in [2.45, 2.75) is 38.3 Å². The van der Waals surface area contributed by atoms with Crippen LogP contribution in [-0.4, -0.2) is 54.5 Å². The molecule has 0 aliphatic carbocycles. The Bertz CT molecular complexity index is 688. The molecule has 3 heterocycles. The topological polar surface area (TPSA) is 72.4 Å². The van der Waals surface area contributed by atoms with E-state index in [1.165, 1.54) is 0 Å².